The summed E-state index contributed by atoms with van der Waals surface area (Å²) in [5.41, 5.74) is 8.73. The Morgan fingerprint density at radius 3 is 1.26 bits per heavy atom. The summed E-state index contributed by atoms with van der Waals surface area (Å²) in [6.45, 7) is 9.53. The Bertz CT molecular complexity index is 937. The molecule has 0 aliphatic rings. The third-order valence-electron chi connectivity index (χ3n) is 5.17. The van der Waals surface area contributed by atoms with Gasteiger partial charge in [-0.15, -0.1) is 0 Å². The van der Waals surface area contributed by atoms with Crippen LogP contribution in [0, 0.1) is 34.6 Å². The number of phenolic OH excluding ortho intramolecular Hbond substituents is 2. The zero-order valence-corrected chi connectivity index (χ0v) is 16.3. The minimum Gasteiger partial charge on any atom is -0.507 e. The van der Waals surface area contributed by atoms with E-state index >= 15 is 0 Å². The van der Waals surface area contributed by atoms with Crippen LogP contribution in [0.2, 0.25) is 0 Å². The van der Waals surface area contributed by atoms with E-state index in [-0.39, 0.29) is 0 Å². The van der Waals surface area contributed by atoms with Gasteiger partial charge in [-0.1, -0.05) is 0 Å². The topological polar surface area (TPSA) is 57.5 Å². The van der Waals surface area contributed by atoms with Gasteiger partial charge in [0.2, 0.25) is 0 Å². The van der Waals surface area contributed by atoms with Crippen molar-refractivity contribution in [2.75, 3.05) is 0 Å². The van der Waals surface area contributed by atoms with Gasteiger partial charge in [-0.25, -0.2) is 0 Å². The molecule has 0 radical (unpaired) electrons. The molecule has 0 aliphatic carbocycles. The highest BCUT2D eigenvalue weighted by atomic mass is 16.3. The summed E-state index contributed by atoms with van der Waals surface area (Å²) < 4.78 is 0. The second-order valence-corrected chi connectivity index (χ2v) is 7.28. The summed E-state index contributed by atoms with van der Waals surface area (Å²) >= 11 is 0. The lowest BCUT2D eigenvalue weighted by molar-refractivity contribution is 0.112. The normalized spacial score (nSPS) is 10.9. The summed E-state index contributed by atoms with van der Waals surface area (Å²) in [4.78, 5) is 11.6. The maximum Gasteiger partial charge on any atom is 0.150 e. The van der Waals surface area contributed by atoms with Gasteiger partial charge in [0, 0.05) is 5.56 Å². The van der Waals surface area contributed by atoms with Crippen LogP contribution in [-0.4, -0.2) is 16.5 Å². The average Bonchev–Trinajstić information content (AvgIpc) is 2.63. The van der Waals surface area contributed by atoms with E-state index in [0.717, 1.165) is 56.4 Å². The van der Waals surface area contributed by atoms with Gasteiger partial charge >= 0.3 is 0 Å². The Hall–Kier alpha value is -3.07. The third kappa shape index (κ3) is 3.33. The highest BCUT2D eigenvalue weighted by Crippen LogP contribution is 2.37. The molecule has 0 heterocycles. The van der Waals surface area contributed by atoms with Crippen LogP contribution in [0.25, 0.3) is 22.3 Å². The molecule has 0 unspecified atom stereocenters. The molecule has 3 nitrogen and oxygen atoms in total. The molecule has 0 atom stereocenters. The highest BCUT2D eigenvalue weighted by Gasteiger charge is 2.14. The number of rotatable bonds is 3. The molecule has 0 amide bonds. The molecule has 27 heavy (non-hydrogen) atoms. The van der Waals surface area contributed by atoms with Crippen molar-refractivity contribution >= 4 is 6.29 Å². The predicted octanol–water partition coefficient (Wildman–Crippen LogP) is 5.79. The first-order valence-electron chi connectivity index (χ1n) is 8.94. The van der Waals surface area contributed by atoms with E-state index in [1.165, 1.54) is 0 Å². The predicted molar refractivity (Wildman–Crippen MR) is 110 cm³/mol. The van der Waals surface area contributed by atoms with E-state index < -0.39 is 0 Å². The van der Waals surface area contributed by atoms with Gasteiger partial charge in [-0.05, 0) is 121 Å². The molecule has 0 spiro atoms. The molecule has 0 saturated heterocycles. The van der Waals surface area contributed by atoms with Crippen molar-refractivity contribution in [2.24, 2.45) is 0 Å². The molecule has 3 heteroatoms. The molecule has 0 saturated carbocycles. The first-order valence-corrected chi connectivity index (χ1v) is 8.94. The lowest BCUT2D eigenvalue weighted by Gasteiger charge is -2.16. The van der Waals surface area contributed by atoms with E-state index in [9.17, 15) is 15.0 Å². The Kier molecular flexibility index (Phi) is 4.79. The minimum absolute atomic E-state index is 0.299. The molecule has 0 fully saturated rings. The minimum atomic E-state index is 0.299. The van der Waals surface area contributed by atoms with Crippen LogP contribution in [0.15, 0.2) is 36.4 Å². The van der Waals surface area contributed by atoms with Crippen LogP contribution in [0.5, 0.6) is 11.5 Å². The quantitative estimate of drug-likeness (QED) is 0.582. The Labute approximate surface area is 159 Å². The summed E-state index contributed by atoms with van der Waals surface area (Å²) in [7, 11) is 0. The molecule has 3 aromatic rings. The highest BCUT2D eigenvalue weighted by molar-refractivity contribution is 5.87. The fourth-order valence-corrected chi connectivity index (χ4v) is 3.63. The van der Waals surface area contributed by atoms with Crippen LogP contribution in [0.3, 0.4) is 0 Å². The molecule has 0 aromatic heterocycles. The zero-order chi connectivity index (χ0) is 19.9. The maximum atomic E-state index is 11.6. The first kappa shape index (κ1) is 18.7. The van der Waals surface area contributed by atoms with Crippen molar-refractivity contribution < 1.29 is 15.0 Å². The fourth-order valence-electron chi connectivity index (χ4n) is 3.63. The van der Waals surface area contributed by atoms with Gasteiger partial charge in [0.25, 0.3) is 0 Å². The van der Waals surface area contributed by atoms with E-state index in [0.29, 0.717) is 17.1 Å². The first-order chi connectivity index (χ1) is 12.7. The lowest BCUT2D eigenvalue weighted by Crippen LogP contribution is -1.95. The van der Waals surface area contributed by atoms with Crippen molar-refractivity contribution in [3.05, 3.63) is 69.8 Å². The van der Waals surface area contributed by atoms with E-state index in [1.54, 1.807) is 0 Å². The smallest absolute Gasteiger partial charge is 0.150 e. The van der Waals surface area contributed by atoms with Gasteiger partial charge in [-0.3, -0.25) is 4.79 Å². The number of aldehydes is 1. The second kappa shape index (κ2) is 6.92. The van der Waals surface area contributed by atoms with Crippen LogP contribution in [0.4, 0.5) is 0 Å². The Morgan fingerprint density at radius 1 is 0.630 bits per heavy atom. The second-order valence-electron chi connectivity index (χ2n) is 7.28. The van der Waals surface area contributed by atoms with E-state index in [1.807, 2.05) is 71.0 Å². The fraction of sp³-hybridized carbons (Fsp3) is 0.208. The number of carbonyl (C=O) groups is 1. The van der Waals surface area contributed by atoms with Crippen LogP contribution < -0.4 is 0 Å². The van der Waals surface area contributed by atoms with E-state index in [4.69, 9.17) is 0 Å². The standard InChI is InChI=1S/C24H24O3/c1-13-6-19(7-14(2)23(13)26)21-10-18(12-25)11-22(17(21)5)20-8-15(3)24(27)16(4)9-20/h6-12,26-27H,1-5H3. The Balaban J connectivity index is 2.30. The molecular formula is C24H24O3. The van der Waals surface area contributed by atoms with Crippen molar-refractivity contribution in [2.45, 2.75) is 34.6 Å². The molecule has 0 bridgehead atoms. The summed E-state index contributed by atoms with van der Waals surface area (Å²) in [5.74, 6) is 0.598. The zero-order valence-electron chi connectivity index (χ0n) is 16.3. The molecule has 0 aliphatic heterocycles. The number of benzene rings is 3. The lowest BCUT2D eigenvalue weighted by atomic mass is 9.88. The van der Waals surface area contributed by atoms with Gasteiger partial charge in [0.1, 0.15) is 17.8 Å². The molecular weight excluding hydrogens is 336 g/mol. The monoisotopic (exact) mass is 360 g/mol. The molecule has 3 rings (SSSR count). The number of phenols is 2. The number of carbonyl (C=O) groups excluding carboxylic acids is 1. The third-order valence-corrected chi connectivity index (χ3v) is 5.17. The van der Waals surface area contributed by atoms with Crippen molar-refractivity contribution in [3.8, 4) is 33.8 Å². The van der Waals surface area contributed by atoms with Crippen LogP contribution in [-0.2, 0) is 0 Å². The largest absolute Gasteiger partial charge is 0.507 e. The van der Waals surface area contributed by atoms with Gasteiger partial charge in [0.15, 0.2) is 0 Å². The van der Waals surface area contributed by atoms with Gasteiger partial charge in [-0.2, -0.15) is 0 Å². The average molecular weight is 360 g/mol. The molecule has 2 N–H and O–H groups in total. The van der Waals surface area contributed by atoms with Crippen molar-refractivity contribution in [1.82, 2.24) is 0 Å². The number of aryl methyl sites for hydroxylation is 4. The number of hydrogen-bond acceptors (Lipinski definition) is 3. The number of hydrogen-bond donors (Lipinski definition) is 2. The van der Waals surface area contributed by atoms with Gasteiger partial charge < -0.3 is 10.2 Å². The molecule has 3 aromatic carbocycles. The SMILES string of the molecule is Cc1cc(-c2cc(C=O)cc(-c3cc(C)c(O)c(C)c3)c2C)cc(C)c1O. The van der Waals surface area contributed by atoms with Gasteiger partial charge in [0.05, 0.1) is 0 Å². The maximum absolute atomic E-state index is 11.6. The summed E-state index contributed by atoms with van der Waals surface area (Å²) in [6.07, 6.45) is 0.854. The molecule has 138 valence electrons. The van der Waals surface area contributed by atoms with E-state index in [2.05, 4.69) is 0 Å². The van der Waals surface area contributed by atoms with Crippen molar-refractivity contribution in [1.29, 1.82) is 0 Å². The number of aromatic hydroxyl groups is 2. The van der Waals surface area contributed by atoms with Crippen LogP contribution in [0.1, 0.15) is 38.2 Å². The van der Waals surface area contributed by atoms with Crippen LogP contribution >= 0.6 is 0 Å². The van der Waals surface area contributed by atoms with Crippen molar-refractivity contribution in [3.63, 3.8) is 0 Å². The summed E-state index contributed by atoms with van der Waals surface area (Å²) in [6, 6.07) is 11.5. The Morgan fingerprint density at radius 2 is 0.963 bits per heavy atom. The summed E-state index contributed by atoms with van der Waals surface area (Å²) in [5, 5.41) is 20.2.